The minimum atomic E-state index is -1.84. The van der Waals surface area contributed by atoms with Crippen LogP contribution >= 0.6 is 0 Å². The van der Waals surface area contributed by atoms with Crippen molar-refractivity contribution in [2.45, 2.75) is 13.1 Å². The number of carbonyl (C=O) groups is 1. The van der Waals surface area contributed by atoms with E-state index in [2.05, 4.69) is 49.5 Å². The Morgan fingerprint density at radius 3 is 1.95 bits per heavy atom. The Labute approximate surface area is 115 Å². The van der Waals surface area contributed by atoms with Crippen molar-refractivity contribution in [2.75, 3.05) is 0 Å². The third kappa shape index (κ3) is 2.91. The quantitative estimate of drug-likeness (QED) is 0.471. The second-order valence-corrected chi connectivity index (χ2v) is 9.44. The minimum absolute atomic E-state index is 0.903. The van der Waals surface area contributed by atoms with E-state index in [0.29, 0.717) is 0 Å². The number of carbonyl (C=O) groups excluding carboxylic acids is 1. The van der Waals surface area contributed by atoms with Gasteiger partial charge in [-0.15, -0.1) is 0 Å². The van der Waals surface area contributed by atoms with E-state index < -0.39 is 8.07 Å². The lowest BCUT2D eigenvalue weighted by Crippen LogP contribution is -2.43. The number of allylic oxidation sites excluding steroid dienone is 1. The van der Waals surface area contributed by atoms with E-state index in [0.717, 1.165) is 11.8 Å². The van der Waals surface area contributed by atoms with E-state index in [1.165, 1.54) is 10.4 Å². The van der Waals surface area contributed by atoms with Gasteiger partial charge in [-0.3, -0.25) is 4.79 Å². The van der Waals surface area contributed by atoms with Crippen molar-refractivity contribution in [1.82, 2.24) is 0 Å². The Bertz CT molecular complexity index is 571. The molecule has 0 aromatic heterocycles. The molecule has 0 fully saturated rings. The molecule has 2 aromatic rings. The van der Waals surface area contributed by atoms with Crippen LogP contribution in [0.1, 0.15) is 5.56 Å². The highest BCUT2D eigenvalue weighted by atomic mass is 28.3. The highest BCUT2D eigenvalue weighted by Gasteiger charge is 2.28. The third-order valence-electron chi connectivity index (χ3n) is 3.49. The van der Waals surface area contributed by atoms with Gasteiger partial charge in [-0.05, 0) is 16.8 Å². The maximum atomic E-state index is 11.0. The van der Waals surface area contributed by atoms with Crippen LogP contribution in [0.5, 0.6) is 0 Å². The number of hydrogen-bond acceptors (Lipinski definition) is 1. The molecule has 96 valence electrons. The second kappa shape index (κ2) is 5.80. The van der Waals surface area contributed by atoms with Crippen molar-refractivity contribution in [3.8, 4) is 0 Å². The van der Waals surface area contributed by atoms with Crippen molar-refractivity contribution in [2.24, 2.45) is 0 Å². The van der Waals surface area contributed by atoms with E-state index in [-0.39, 0.29) is 0 Å². The molecule has 0 radical (unpaired) electrons. The highest BCUT2D eigenvalue weighted by molar-refractivity contribution is 7.04. The van der Waals surface area contributed by atoms with Crippen molar-refractivity contribution in [1.29, 1.82) is 0 Å². The van der Waals surface area contributed by atoms with Crippen LogP contribution in [-0.4, -0.2) is 14.4 Å². The van der Waals surface area contributed by atoms with Crippen molar-refractivity contribution in [3.63, 3.8) is 0 Å². The Hall–Kier alpha value is -1.93. The Morgan fingerprint density at radius 1 is 0.895 bits per heavy atom. The van der Waals surface area contributed by atoms with Crippen molar-refractivity contribution < 1.29 is 4.79 Å². The van der Waals surface area contributed by atoms with Gasteiger partial charge >= 0.3 is 0 Å². The monoisotopic (exact) mass is 266 g/mol. The predicted molar refractivity (Wildman–Crippen MR) is 84.0 cm³/mol. The van der Waals surface area contributed by atoms with Gasteiger partial charge < -0.3 is 0 Å². The standard InChI is InChI=1S/C17H18OSi/c1-19(2,16-11-7-4-8-12-16)17(13-14-18)15-9-5-3-6-10-15/h3-14H,1-2H3/b17-13-. The molecule has 0 unspecified atom stereocenters. The number of hydrogen-bond donors (Lipinski definition) is 0. The minimum Gasteiger partial charge on any atom is -0.299 e. The molecule has 2 rings (SSSR count). The summed E-state index contributed by atoms with van der Waals surface area (Å²) >= 11 is 0. The van der Waals surface area contributed by atoms with Crippen LogP contribution in [0.4, 0.5) is 0 Å². The smallest absolute Gasteiger partial charge is 0.142 e. The van der Waals surface area contributed by atoms with E-state index in [1.807, 2.05) is 24.3 Å². The molecule has 0 spiro atoms. The largest absolute Gasteiger partial charge is 0.299 e. The molecule has 1 nitrogen and oxygen atoms in total. The molecular formula is C17H18OSi. The second-order valence-electron chi connectivity index (χ2n) is 5.07. The Morgan fingerprint density at radius 2 is 1.42 bits per heavy atom. The van der Waals surface area contributed by atoms with E-state index in [9.17, 15) is 4.79 Å². The normalized spacial score (nSPS) is 12.2. The first-order valence-corrected chi connectivity index (χ1v) is 9.43. The maximum Gasteiger partial charge on any atom is 0.142 e. The topological polar surface area (TPSA) is 17.1 Å². The van der Waals surface area contributed by atoms with Crippen LogP contribution in [0.15, 0.2) is 66.7 Å². The SMILES string of the molecule is C[Si](C)(/C(=C\C=O)c1ccccc1)c1ccccc1. The van der Waals surface area contributed by atoms with Crippen LogP contribution in [0, 0.1) is 0 Å². The molecule has 0 aliphatic heterocycles. The van der Waals surface area contributed by atoms with Gasteiger partial charge in [0, 0.05) is 0 Å². The molecule has 0 heterocycles. The molecule has 0 saturated heterocycles. The van der Waals surface area contributed by atoms with Crippen LogP contribution in [-0.2, 0) is 4.79 Å². The fourth-order valence-electron chi connectivity index (χ4n) is 2.36. The van der Waals surface area contributed by atoms with Gasteiger partial charge in [-0.1, -0.05) is 78.9 Å². The maximum absolute atomic E-state index is 11.0. The van der Waals surface area contributed by atoms with Gasteiger partial charge in [0.2, 0.25) is 0 Å². The summed E-state index contributed by atoms with van der Waals surface area (Å²) in [4.78, 5) is 11.0. The van der Waals surface area contributed by atoms with Crippen molar-refractivity contribution >= 4 is 24.7 Å². The molecular weight excluding hydrogens is 248 g/mol. The first kappa shape index (κ1) is 13.5. The van der Waals surface area contributed by atoms with E-state index in [4.69, 9.17) is 0 Å². The Kier molecular flexibility index (Phi) is 4.12. The van der Waals surface area contributed by atoms with Crippen LogP contribution in [0.2, 0.25) is 13.1 Å². The van der Waals surface area contributed by atoms with E-state index in [1.54, 1.807) is 6.08 Å². The van der Waals surface area contributed by atoms with Gasteiger partial charge in [0.15, 0.2) is 0 Å². The molecule has 0 N–H and O–H groups in total. The summed E-state index contributed by atoms with van der Waals surface area (Å²) in [5.74, 6) is 0. The third-order valence-corrected chi connectivity index (χ3v) is 7.07. The summed E-state index contributed by atoms with van der Waals surface area (Å²) in [6.07, 6.45) is 2.63. The summed E-state index contributed by atoms with van der Waals surface area (Å²) < 4.78 is 0. The molecule has 2 aromatic carbocycles. The van der Waals surface area contributed by atoms with Gasteiger partial charge in [0.1, 0.15) is 14.4 Å². The lowest BCUT2D eigenvalue weighted by atomic mass is 10.2. The van der Waals surface area contributed by atoms with Gasteiger partial charge in [-0.2, -0.15) is 0 Å². The lowest BCUT2D eigenvalue weighted by molar-refractivity contribution is -0.104. The number of benzene rings is 2. The van der Waals surface area contributed by atoms with Gasteiger partial charge in [-0.25, -0.2) is 0 Å². The summed E-state index contributed by atoms with van der Waals surface area (Å²) in [5, 5.41) is 2.52. The zero-order valence-corrected chi connectivity index (χ0v) is 12.3. The molecule has 0 saturated carbocycles. The number of aldehydes is 1. The Balaban J connectivity index is 2.52. The lowest BCUT2D eigenvalue weighted by Gasteiger charge is -2.26. The van der Waals surface area contributed by atoms with Crippen molar-refractivity contribution in [3.05, 3.63) is 72.3 Å². The average Bonchev–Trinajstić information content (AvgIpc) is 2.46. The zero-order chi connectivity index (χ0) is 13.7. The van der Waals surface area contributed by atoms with Crippen LogP contribution in [0.25, 0.3) is 5.20 Å². The predicted octanol–water partition coefficient (Wildman–Crippen LogP) is 3.42. The zero-order valence-electron chi connectivity index (χ0n) is 11.3. The highest BCUT2D eigenvalue weighted by Crippen LogP contribution is 2.25. The first-order chi connectivity index (χ1) is 9.16. The average molecular weight is 266 g/mol. The molecule has 19 heavy (non-hydrogen) atoms. The first-order valence-electron chi connectivity index (χ1n) is 6.43. The molecule has 0 atom stereocenters. The summed E-state index contributed by atoms with van der Waals surface area (Å²) in [6.45, 7) is 4.56. The van der Waals surface area contributed by atoms with Crippen LogP contribution < -0.4 is 5.19 Å². The molecule has 0 aliphatic rings. The fraction of sp³-hybridized carbons (Fsp3) is 0.118. The fourth-order valence-corrected chi connectivity index (χ4v) is 5.07. The van der Waals surface area contributed by atoms with E-state index >= 15 is 0 Å². The van der Waals surface area contributed by atoms with Gasteiger partial charge in [0.25, 0.3) is 0 Å². The summed E-state index contributed by atoms with van der Waals surface area (Å²) in [6, 6.07) is 20.7. The van der Waals surface area contributed by atoms with Gasteiger partial charge in [0.05, 0.1) is 0 Å². The summed E-state index contributed by atoms with van der Waals surface area (Å²) in [5.41, 5.74) is 1.15. The molecule has 0 bridgehead atoms. The summed E-state index contributed by atoms with van der Waals surface area (Å²) in [7, 11) is -1.84. The molecule has 2 heteroatoms. The molecule has 0 amide bonds. The van der Waals surface area contributed by atoms with Crippen LogP contribution in [0.3, 0.4) is 0 Å². The molecule has 0 aliphatic carbocycles. The number of rotatable bonds is 4.